The zero-order valence-electron chi connectivity index (χ0n) is 20.0. The van der Waals surface area contributed by atoms with E-state index in [1.165, 1.54) is 7.11 Å². The van der Waals surface area contributed by atoms with Crippen molar-refractivity contribution in [3.8, 4) is 5.75 Å². The topological polar surface area (TPSA) is 101 Å². The molecule has 2 heterocycles. The van der Waals surface area contributed by atoms with Crippen molar-refractivity contribution in [2.75, 3.05) is 20.2 Å². The molecule has 1 saturated heterocycles. The lowest BCUT2D eigenvalue weighted by molar-refractivity contribution is -0.126. The van der Waals surface area contributed by atoms with Crippen LogP contribution in [0.1, 0.15) is 64.4 Å². The first-order valence-corrected chi connectivity index (χ1v) is 11.3. The number of esters is 1. The molecule has 2 amide bonds. The van der Waals surface area contributed by atoms with E-state index in [-0.39, 0.29) is 23.8 Å². The summed E-state index contributed by atoms with van der Waals surface area (Å²) in [6.45, 7) is 8.76. The Hall–Kier alpha value is -3.29. The lowest BCUT2D eigenvalue weighted by Gasteiger charge is -2.32. The van der Waals surface area contributed by atoms with Gasteiger partial charge in [-0.2, -0.15) is 0 Å². The highest BCUT2D eigenvalue weighted by Crippen LogP contribution is 2.24. The van der Waals surface area contributed by atoms with Gasteiger partial charge in [0.15, 0.2) is 0 Å². The Kier molecular flexibility index (Phi) is 7.79. The molecule has 8 heteroatoms. The summed E-state index contributed by atoms with van der Waals surface area (Å²) < 4.78 is 10.5. The number of likely N-dealkylation sites (tertiary alicyclic amines) is 1. The van der Waals surface area contributed by atoms with Crippen molar-refractivity contribution in [3.63, 3.8) is 0 Å². The minimum absolute atomic E-state index is 0.0651. The number of methoxy groups -OCH3 is 1. The zero-order chi connectivity index (χ0) is 24.1. The van der Waals surface area contributed by atoms with E-state index in [2.05, 4.69) is 10.3 Å². The zero-order valence-corrected chi connectivity index (χ0v) is 20.0. The number of hydrogen-bond acceptors (Lipinski definition) is 5. The van der Waals surface area contributed by atoms with E-state index in [4.69, 9.17) is 9.47 Å². The van der Waals surface area contributed by atoms with Gasteiger partial charge < -0.3 is 24.7 Å². The maximum atomic E-state index is 13.2. The van der Waals surface area contributed by atoms with Gasteiger partial charge in [0.05, 0.1) is 24.7 Å². The van der Waals surface area contributed by atoms with Crippen molar-refractivity contribution in [3.05, 3.63) is 52.3 Å². The second-order valence-corrected chi connectivity index (χ2v) is 8.74. The third kappa shape index (κ3) is 5.74. The fraction of sp³-hybridized carbons (Fsp3) is 0.480. The van der Waals surface area contributed by atoms with Crippen LogP contribution in [0, 0.1) is 19.8 Å². The lowest BCUT2D eigenvalue weighted by Crippen LogP contribution is -2.45. The molecule has 0 saturated carbocycles. The number of aromatic amines is 1. The van der Waals surface area contributed by atoms with Gasteiger partial charge in [0.25, 0.3) is 5.91 Å². The van der Waals surface area contributed by atoms with Crippen LogP contribution >= 0.6 is 0 Å². The fourth-order valence-electron chi connectivity index (χ4n) is 4.20. The number of rotatable bonds is 7. The van der Waals surface area contributed by atoms with Crippen LogP contribution in [0.2, 0.25) is 0 Å². The van der Waals surface area contributed by atoms with Crippen molar-refractivity contribution in [2.24, 2.45) is 5.92 Å². The van der Waals surface area contributed by atoms with E-state index in [1.807, 2.05) is 38.1 Å². The Morgan fingerprint density at radius 3 is 2.52 bits per heavy atom. The van der Waals surface area contributed by atoms with Crippen molar-refractivity contribution in [2.45, 2.75) is 53.2 Å². The first kappa shape index (κ1) is 24.4. The van der Waals surface area contributed by atoms with Crippen LogP contribution in [0.3, 0.4) is 0 Å². The number of carbonyl (C=O) groups excluding carboxylic acids is 3. The molecule has 178 valence electrons. The van der Waals surface area contributed by atoms with E-state index in [0.717, 1.165) is 24.2 Å². The summed E-state index contributed by atoms with van der Waals surface area (Å²) in [5.41, 5.74) is 2.91. The summed E-state index contributed by atoms with van der Waals surface area (Å²) in [5.74, 6) is -0.219. The first-order valence-electron chi connectivity index (χ1n) is 11.3. The molecule has 0 spiro atoms. The number of carbonyl (C=O) groups is 3. The summed E-state index contributed by atoms with van der Waals surface area (Å²) in [5, 5.41) is 2.99. The number of ether oxygens (including phenoxy) is 2. The predicted molar refractivity (Wildman–Crippen MR) is 124 cm³/mol. The fourth-order valence-corrected chi connectivity index (χ4v) is 4.20. The number of aromatic nitrogens is 1. The summed E-state index contributed by atoms with van der Waals surface area (Å²) in [4.78, 5) is 42.7. The van der Waals surface area contributed by atoms with Gasteiger partial charge in [-0.25, -0.2) is 4.79 Å². The summed E-state index contributed by atoms with van der Waals surface area (Å²) in [6, 6.07) is 7.66. The second kappa shape index (κ2) is 10.6. The van der Waals surface area contributed by atoms with Crippen LogP contribution in [0.25, 0.3) is 0 Å². The van der Waals surface area contributed by atoms with Gasteiger partial charge in [-0.05, 0) is 63.8 Å². The predicted octanol–water partition coefficient (Wildman–Crippen LogP) is 3.37. The molecule has 3 rings (SSSR count). The number of H-pyrrole nitrogens is 1. The van der Waals surface area contributed by atoms with Gasteiger partial charge >= 0.3 is 5.97 Å². The van der Waals surface area contributed by atoms with Crippen molar-refractivity contribution in [1.29, 1.82) is 0 Å². The Morgan fingerprint density at radius 2 is 1.88 bits per heavy atom. The van der Waals surface area contributed by atoms with Gasteiger partial charge in [0.2, 0.25) is 5.91 Å². The van der Waals surface area contributed by atoms with Gasteiger partial charge in [-0.15, -0.1) is 0 Å². The number of piperidine rings is 1. The van der Waals surface area contributed by atoms with E-state index in [1.54, 1.807) is 18.7 Å². The number of nitrogens with one attached hydrogen (secondary N) is 2. The van der Waals surface area contributed by atoms with Crippen LogP contribution in [0.5, 0.6) is 5.75 Å². The van der Waals surface area contributed by atoms with Crippen molar-refractivity contribution < 1.29 is 23.9 Å². The number of aryl methyl sites for hydroxylation is 1. The molecule has 1 aromatic heterocycles. The van der Waals surface area contributed by atoms with Crippen LogP contribution < -0.4 is 10.1 Å². The lowest BCUT2D eigenvalue weighted by atomic mass is 9.96. The monoisotopic (exact) mass is 455 g/mol. The molecule has 0 radical (unpaired) electrons. The number of hydrogen-bond donors (Lipinski definition) is 2. The maximum absolute atomic E-state index is 13.2. The SMILES string of the molecule is COC(=O)c1c(C)[nH]c(C(=O)N2CCCC(C(=O)NCc3ccc(OC(C)C)cc3)C2)c1C. The minimum atomic E-state index is -0.472. The van der Waals surface area contributed by atoms with Gasteiger partial charge in [-0.3, -0.25) is 9.59 Å². The molecular weight excluding hydrogens is 422 g/mol. The smallest absolute Gasteiger partial charge is 0.339 e. The Morgan fingerprint density at radius 1 is 1.18 bits per heavy atom. The van der Waals surface area contributed by atoms with Crippen LogP contribution in [0.4, 0.5) is 0 Å². The number of nitrogens with zero attached hydrogens (tertiary/aromatic N) is 1. The van der Waals surface area contributed by atoms with Crippen molar-refractivity contribution in [1.82, 2.24) is 15.2 Å². The van der Waals surface area contributed by atoms with E-state index >= 15 is 0 Å². The van der Waals surface area contributed by atoms with Crippen molar-refractivity contribution >= 4 is 17.8 Å². The van der Waals surface area contributed by atoms with Gasteiger partial charge in [0, 0.05) is 25.3 Å². The molecule has 0 bridgehead atoms. The van der Waals surface area contributed by atoms with E-state index in [0.29, 0.717) is 42.1 Å². The molecule has 1 aromatic carbocycles. The maximum Gasteiger partial charge on any atom is 0.339 e. The quantitative estimate of drug-likeness (QED) is 0.624. The summed E-state index contributed by atoms with van der Waals surface area (Å²) in [6.07, 6.45) is 1.58. The number of amides is 2. The Labute approximate surface area is 194 Å². The normalized spacial score (nSPS) is 15.9. The average Bonchev–Trinajstić information content (AvgIpc) is 3.10. The standard InChI is InChI=1S/C25H33N3O5/c1-15(2)33-20-10-8-18(9-11-20)13-26-23(29)19-7-6-12-28(14-19)24(30)22-16(3)21(17(4)27-22)25(31)32-5/h8-11,15,19,27H,6-7,12-14H2,1-5H3,(H,26,29). The molecule has 1 aliphatic heterocycles. The molecule has 0 aliphatic carbocycles. The first-order chi connectivity index (χ1) is 15.7. The summed E-state index contributed by atoms with van der Waals surface area (Å²) in [7, 11) is 1.32. The third-order valence-electron chi connectivity index (χ3n) is 5.88. The van der Waals surface area contributed by atoms with Gasteiger partial charge in [-0.1, -0.05) is 12.1 Å². The van der Waals surface area contributed by atoms with Crippen LogP contribution in [-0.4, -0.2) is 54.0 Å². The van der Waals surface area contributed by atoms with Crippen LogP contribution in [0.15, 0.2) is 24.3 Å². The highest BCUT2D eigenvalue weighted by molar-refractivity contribution is 6.00. The third-order valence-corrected chi connectivity index (χ3v) is 5.88. The second-order valence-electron chi connectivity index (χ2n) is 8.74. The molecule has 8 nitrogen and oxygen atoms in total. The molecule has 33 heavy (non-hydrogen) atoms. The Bertz CT molecular complexity index is 1010. The molecule has 2 aromatic rings. The molecule has 1 aliphatic rings. The molecule has 2 N–H and O–H groups in total. The van der Waals surface area contributed by atoms with Crippen LogP contribution in [-0.2, 0) is 16.1 Å². The van der Waals surface area contributed by atoms with E-state index in [9.17, 15) is 14.4 Å². The summed E-state index contributed by atoms with van der Waals surface area (Å²) >= 11 is 0. The van der Waals surface area contributed by atoms with E-state index < -0.39 is 5.97 Å². The largest absolute Gasteiger partial charge is 0.491 e. The molecule has 1 fully saturated rings. The molecule has 1 unspecified atom stereocenters. The highest BCUT2D eigenvalue weighted by Gasteiger charge is 2.31. The molecule has 1 atom stereocenters. The van der Waals surface area contributed by atoms with Gasteiger partial charge in [0.1, 0.15) is 11.4 Å². The molecular formula is C25H33N3O5. The number of benzene rings is 1. The average molecular weight is 456 g/mol. The highest BCUT2D eigenvalue weighted by atomic mass is 16.5. The Balaban J connectivity index is 1.60. The minimum Gasteiger partial charge on any atom is -0.491 e.